The number of aryl methyl sites for hydroxylation is 1. The lowest BCUT2D eigenvalue weighted by Crippen LogP contribution is -2.40. The summed E-state index contributed by atoms with van der Waals surface area (Å²) in [7, 11) is 0. The summed E-state index contributed by atoms with van der Waals surface area (Å²) >= 11 is 0. The molecule has 4 aromatic rings. The lowest BCUT2D eigenvalue weighted by Gasteiger charge is -2.33. The molecule has 0 saturated carbocycles. The topological polar surface area (TPSA) is 0 Å². The van der Waals surface area contributed by atoms with Gasteiger partial charge in [-0.2, -0.15) is 26.3 Å². The van der Waals surface area contributed by atoms with Gasteiger partial charge in [-0.1, -0.05) is 103 Å². The van der Waals surface area contributed by atoms with Gasteiger partial charge in [0.25, 0.3) is 0 Å². The van der Waals surface area contributed by atoms with E-state index in [2.05, 4.69) is 0 Å². The van der Waals surface area contributed by atoms with Gasteiger partial charge in [0.05, 0.1) is 5.41 Å². The fourth-order valence-corrected chi connectivity index (χ4v) is 4.48. The SMILES string of the molecule is Cc1ccc(-c2ccc(C(C)(c3ccc(-c4ccc(C(C)(C)C(F)(F)F)cc4)cc3)C(F)(F)F)cc2)cc1. The van der Waals surface area contributed by atoms with Crippen LogP contribution >= 0.6 is 0 Å². The van der Waals surface area contributed by atoms with E-state index in [-0.39, 0.29) is 16.7 Å². The van der Waals surface area contributed by atoms with E-state index >= 15 is 0 Å². The maximum Gasteiger partial charge on any atom is 0.402 e. The van der Waals surface area contributed by atoms with Crippen molar-refractivity contribution in [3.05, 3.63) is 119 Å². The van der Waals surface area contributed by atoms with Crippen molar-refractivity contribution in [2.45, 2.75) is 50.9 Å². The zero-order valence-electron chi connectivity index (χ0n) is 21.5. The first-order chi connectivity index (χ1) is 17.6. The Hall–Kier alpha value is -3.54. The van der Waals surface area contributed by atoms with E-state index in [1.54, 1.807) is 36.4 Å². The average Bonchev–Trinajstić information content (AvgIpc) is 2.88. The molecule has 0 fully saturated rings. The Morgan fingerprint density at radius 2 is 0.684 bits per heavy atom. The van der Waals surface area contributed by atoms with Crippen LogP contribution in [0.2, 0.25) is 0 Å². The third-order valence-corrected chi connectivity index (χ3v) is 7.52. The van der Waals surface area contributed by atoms with E-state index in [1.165, 1.54) is 36.4 Å². The Kier molecular flexibility index (Phi) is 6.98. The summed E-state index contributed by atoms with van der Waals surface area (Å²) < 4.78 is 83.7. The second-order valence-electron chi connectivity index (χ2n) is 10.3. The normalized spacial score (nSPS) is 14.3. The largest absolute Gasteiger partial charge is 0.402 e. The third kappa shape index (κ3) is 4.96. The predicted molar refractivity (Wildman–Crippen MR) is 140 cm³/mol. The zero-order chi connectivity index (χ0) is 27.9. The fourth-order valence-electron chi connectivity index (χ4n) is 4.48. The Labute approximate surface area is 219 Å². The summed E-state index contributed by atoms with van der Waals surface area (Å²) in [5.74, 6) is 0. The van der Waals surface area contributed by atoms with E-state index < -0.39 is 23.2 Å². The minimum atomic E-state index is -4.56. The molecule has 1 unspecified atom stereocenters. The fraction of sp³-hybridized carbons (Fsp3) is 0.250. The molecule has 0 heterocycles. The number of hydrogen-bond acceptors (Lipinski definition) is 0. The molecular weight excluding hydrogens is 498 g/mol. The average molecular weight is 527 g/mol. The van der Waals surface area contributed by atoms with Crippen LogP contribution in [-0.4, -0.2) is 12.4 Å². The van der Waals surface area contributed by atoms with Crippen molar-refractivity contribution in [1.29, 1.82) is 0 Å². The summed E-state index contributed by atoms with van der Waals surface area (Å²) in [6, 6.07) is 26.1. The van der Waals surface area contributed by atoms with Gasteiger partial charge in [0.2, 0.25) is 0 Å². The van der Waals surface area contributed by atoms with Crippen molar-refractivity contribution >= 4 is 0 Å². The molecule has 0 aliphatic rings. The van der Waals surface area contributed by atoms with Gasteiger partial charge in [-0.25, -0.2) is 0 Å². The molecule has 0 nitrogen and oxygen atoms in total. The quantitative estimate of drug-likeness (QED) is 0.227. The van der Waals surface area contributed by atoms with Crippen molar-refractivity contribution < 1.29 is 26.3 Å². The summed E-state index contributed by atoms with van der Waals surface area (Å²) in [6.07, 6.45) is -8.97. The molecule has 0 radical (unpaired) electrons. The molecule has 4 rings (SSSR count). The van der Waals surface area contributed by atoms with Crippen LogP contribution in [0.3, 0.4) is 0 Å². The number of halogens is 6. The standard InChI is InChI=1S/C32H28F6/c1-21-5-7-22(8-6-21)24-11-17-27(18-12-24)30(4,32(36,37)38)28-19-13-25(14-20-28)23-9-15-26(16-10-23)29(2,3)31(33,34)35/h5-20H,1-4H3. The number of rotatable bonds is 5. The molecule has 0 bridgehead atoms. The van der Waals surface area contributed by atoms with Crippen LogP contribution in [0.25, 0.3) is 22.3 Å². The Morgan fingerprint density at radius 1 is 0.395 bits per heavy atom. The van der Waals surface area contributed by atoms with E-state index in [1.807, 2.05) is 31.2 Å². The van der Waals surface area contributed by atoms with E-state index in [0.29, 0.717) is 11.1 Å². The lowest BCUT2D eigenvalue weighted by atomic mass is 9.75. The molecule has 0 aromatic heterocycles. The minimum Gasteiger partial charge on any atom is -0.170 e. The highest BCUT2D eigenvalue weighted by atomic mass is 19.4. The van der Waals surface area contributed by atoms with Gasteiger partial charge < -0.3 is 0 Å². The molecular formula is C32H28F6. The van der Waals surface area contributed by atoms with Crippen molar-refractivity contribution in [2.24, 2.45) is 0 Å². The Bertz CT molecular complexity index is 1380. The van der Waals surface area contributed by atoms with Crippen molar-refractivity contribution in [3.8, 4) is 22.3 Å². The smallest absolute Gasteiger partial charge is 0.170 e. The molecule has 6 heteroatoms. The second kappa shape index (κ2) is 9.64. The lowest BCUT2D eigenvalue weighted by molar-refractivity contribution is -0.180. The van der Waals surface area contributed by atoms with Crippen LogP contribution in [0.1, 0.15) is 43.0 Å². The minimum absolute atomic E-state index is 0.0756. The molecule has 0 aliphatic carbocycles. The highest BCUT2D eigenvalue weighted by molar-refractivity contribution is 5.66. The molecule has 4 aromatic carbocycles. The summed E-state index contributed by atoms with van der Waals surface area (Å²) in [6.45, 7) is 5.36. The summed E-state index contributed by atoms with van der Waals surface area (Å²) in [5, 5.41) is 0. The maximum atomic E-state index is 14.5. The maximum absolute atomic E-state index is 14.5. The van der Waals surface area contributed by atoms with Gasteiger partial charge in [-0.05, 0) is 66.6 Å². The van der Waals surface area contributed by atoms with Crippen molar-refractivity contribution in [2.75, 3.05) is 0 Å². The monoisotopic (exact) mass is 526 g/mol. The molecule has 0 N–H and O–H groups in total. The molecule has 0 spiro atoms. The van der Waals surface area contributed by atoms with Gasteiger partial charge in [-0.3, -0.25) is 0 Å². The molecule has 198 valence electrons. The number of alkyl halides is 6. The van der Waals surface area contributed by atoms with Crippen LogP contribution < -0.4 is 0 Å². The van der Waals surface area contributed by atoms with Gasteiger partial charge >= 0.3 is 12.4 Å². The second-order valence-corrected chi connectivity index (χ2v) is 10.3. The highest BCUT2D eigenvalue weighted by Crippen LogP contribution is 2.47. The Balaban J connectivity index is 1.65. The van der Waals surface area contributed by atoms with Gasteiger partial charge in [0, 0.05) is 0 Å². The van der Waals surface area contributed by atoms with E-state index in [0.717, 1.165) is 37.5 Å². The summed E-state index contributed by atoms with van der Waals surface area (Å²) in [4.78, 5) is 0. The van der Waals surface area contributed by atoms with E-state index in [4.69, 9.17) is 0 Å². The van der Waals surface area contributed by atoms with Crippen LogP contribution in [0.15, 0.2) is 97.1 Å². The van der Waals surface area contributed by atoms with E-state index in [9.17, 15) is 26.3 Å². The molecule has 0 amide bonds. The third-order valence-electron chi connectivity index (χ3n) is 7.52. The van der Waals surface area contributed by atoms with Crippen LogP contribution in [0.4, 0.5) is 26.3 Å². The van der Waals surface area contributed by atoms with Gasteiger partial charge in [0.1, 0.15) is 5.41 Å². The Morgan fingerprint density at radius 3 is 0.974 bits per heavy atom. The number of hydrogen-bond donors (Lipinski definition) is 0. The molecule has 1 atom stereocenters. The summed E-state index contributed by atoms with van der Waals surface area (Å²) in [5.41, 5.74) is 0.119. The predicted octanol–water partition coefficient (Wildman–Crippen LogP) is 10.0. The van der Waals surface area contributed by atoms with Crippen molar-refractivity contribution in [1.82, 2.24) is 0 Å². The number of benzene rings is 4. The molecule has 0 aliphatic heterocycles. The first kappa shape index (κ1) is 27.5. The zero-order valence-corrected chi connectivity index (χ0v) is 21.5. The van der Waals surface area contributed by atoms with Crippen LogP contribution in [0.5, 0.6) is 0 Å². The van der Waals surface area contributed by atoms with Crippen LogP contribution in [0, 0.1) is 6.92 Å². The molecule has 38 heavy (non-hydrogen) atoms. The van der Waals surface area contributed by atoms with Crippen molar-refractivity contribution in [3.63, 3.8) is 0 Å². The van der Waals surface area contributed by atoms with Gasteiger partial charge in [-0.15, -0.1) is 0 Å². The first-order valence-corrected chi connectivity index (χ1v) is 12.2. The first-order valence-electron chi connectivity index (χ1n) is 12.2. The molecule has 0 saturated heterocycles. The highest BCUT2D eigenvalue weighted by Gasteiger charge is 2.53. The van der Waals surface area contributed by atoms with Crippen LogP contribution in [-0.2, 0) is 10.8 Å². The van der Waals surface area contributed by atoms with Gasteiger partial charge in [0.15, 0.2) is 0 Å².